The Bertz CT molecular complexity index is 952. The molecular weight excluding hydrogens is 602 g/mol. The largest absolute Gasteiger partial charge is 0.394 e. The molecule has 0 aliphatic carbocycles. The highest BCUT2D eigenvalue weighted by molar-refractivity contribution is 5.76. The predicted octanol–water partition coefficient (Wildman–Crippen LogP) is 12.3. The maximum atomic E-state index is 12.2. The lowest BCUT2D eigenvalue weighted by molar-refractivity contribution is -0.123. The summed E-state index contributed by atoms with van der Waals surface area (Å²) in [5.74, 6) is -0.0555. The molecule has 0 fully saturated rings. The van der Waals surface area contributed by atoms with Crippen LogP contribution in [0.1, 0.15) is 162 Å². The monoisotopic (exact) mass is 678 g/mol. The molecule has 278 valence electrons. The number of carbonyl (C=O) groups is 1. The predicted molar refractivity (Wildman–Crippen MR) is 216 cm³/mol. The van der Waals surface area contributed by atoms with Gasteiger partial charge in [-0.3, -0.25) is 4.79 Å². The molecule has 0 aromatic rings. The number of hydrogen-bond acceptors (Lipinski definition) is 3. The van der Waals surface area contributed by atoms with Gasteiger partial charge in [0, 0.05) is 6.42 Å². The smallest absolute Gasteiger partial charge is 0.220 e. The van der Waals surface area contributed by atoms with Crippen LogP contribution in [0.25, 0.3) is 0 Å². The maximum absolute atomic E-state index is 12.2. The molecule has 3 N–H and O–H groups in total. The second-order valence-corrected chi connectivity index (χ2v) is 13.0. The van der Waals surface area contributed by atoms with Crippen molar-refractivity contribution in [2.24, 2.45) is 0 Å². The number of hydrogen-bond donors (Lipinski definition) is 3. The Hall–Kier alpha value is -2.69. The van der Waals surface area contributed by atoms with E-state index >= 15 is 0 Å². The van der Waals surface area contributed by atoms with E-state index in [0.29, 0.717) is 12.8 Å². The van der Waals surface area contributed by atoms with E-state index in [1.807, 2.05) is 0 Å². The van der Waals surface area contributed by atoms with Crippen LogP contribution in [0, 0.1) is 0 Å². The average Bonchev–Trinajstić information content (AvgIpc) is 3.11. The molecule has 0 aliphatic heterocycles. The minimum atomic E-state index is -0.664. The molecule has 0 aromatic heterocycles. The van der Waals surface area contributed by atoms with Crippen LogP contribution in [0.5, 0.6) is 0 Å². The zero-order valence-electron chi connectivity index (χ0n) is 31.7. The first-order chi connectivity index (χ1) is 24.2. The van der Waals surface area contributed by atoms with Gasteiger partial charge in [-0.15, -0.1) is 0 Å². The van der Waals surface area contributed by atoms with Crippen molar-refractivity contribution in [1.82, 2.24) is 5.32 Å². The number of nitrogens with one attached hydrogen (secondary N) is 1. The Morgan fingerprint density at radius 2 is 0.898 bits per heavy atom. The molecule has 0 rings (SSSR count). The number of aliphatic hydroxyl groups is 2. The summed E-state index contributed by atoms with van der Waals surface area (Å²) in [5.41, 5.74) is 0. The van der Waals surface area contributed by atoms with Crippen LogP contribution in [0.2, 0.25) is 0 Å². The number of amides is 1. The van der Waals surface area contributed by atoms with Gasteiger partial charge in [-0.2, -0.15) is 0 Å². The zero-order valence-corrected chi connectivity index (χ0v) is 31.7. The molecular formula is C45H75NO3. The lowest BCUT2D eigenvalue weighted by atomic mass is 10.0. The van der Waals surface area contributed by atoms with Crippen molar-refractivity contribution in [3.8, 4) is 0 Å². The van der Waals surface area contributed by atoms with Gasteiger partial charge in [-0.1, -0.05) is 175 Å². The van der Waals surface area contributed by atoms with Crippen molar-refractivity contribution in [2.45, 2.75) is 174 Å². The second kappa shape index (κ2) is 39.7. The Balaban J connectivity index is 3.58. The minimum Gasteiger partial charge on any atom is -0.394 e. The summed E-state index contributed by atoms with van der Waals surface area (Å²) in [4.78, 5) is 12.2. The minimum absolute atomic E-state index is 0.0555. The highest BCUT2D eigenvalue weighted by atomic mass is 16.3. The zero-order chi connectivity index (χ0) is 35.7. The van der Waals surface area contributed by atoms with E-state index in [9.17, 15) is 15.0 Å². The Morgan fingerprint density at radius 1 is 0.510 bits per heavy atom. The van der Waals surface area contributed by atoms with Crippen molar-refractivity contribution in [1.29, 1.82) is 0 Å². The van der Waals surface area contributed by atoms with Crippen molar-refractivity contribution in [3.63, 3.8) is 0 Å². The highest BCUT2D eigenvalue weighted by Gasteiger charge is 2.19. The molecule has 0 heterocycles. The molecule has 49 heavy (non-hydrogen) atoms. The van der Waals surface area contributed by atoms with Crippen LogP contribution in [-0.4, -0.2) is 34.9 Å². The second-order valence-electron chi connectivity index (χ2n) is 13.0. The van der Waals surface area contributed by atoms with Crippen LogP contribution in [-0.2, 0) is 4.79 Å². The normalized spacial score (nSPS) is 14.1. The molecule has 4 heteroatoms. The van der Waals surface area contributed by atoms with Gasteiger partial charge in [0.2, 0.25) is 5.91 Å². The first-order valence-corrected chi connectivity index (χ1v) is 19.9. The maximum Gasteiger partial charge on any atom is 0.220 e. The summed E-state index contributed by atoms with van der Waals surface area (Å²) in [6.07, 6.45) is 59.5. The van der Waals surface area contributed by atoms with E-state index in [-0.39, 0.29) is 12.5 Å². The molecule has 0 spiro atoms. The van der Waals surface area contributed by atoms with Crippen molar-refractivity contribution in [3.05, 3.63) is 97.2 Å². The van der Waals surface area contributed by atoms with Gasteiger partial charge in [0.15, 0.2) is 0 Å². The lowest BCUT2D eigenvalue weighted by Crippen LogP contribution is -2.45. The van der Waals surface area contributed by atoms with Crippen molar-refractivity contribution in [2.75, 3.05) is 6.61 Å². The molecule has 0 bridgehead atoms. The molecule has 0 saturated heterocycles. The van der Waals surface area contributed by atoms with Gasteiger partial charge in [0.05, 0.1) is 18.8 Å². The third-order valence-electron chi connectivity index (χ3n) is 8.36. The molecule has 1 amide bonds. The number of rotatable bonds is 34. The van der Waals surface area contributed by atoms with E-state index < -0.39 is 12.1 Å². The van der Waals surface area contributed by atoms with Crippen molar-refractivity contribution < 1.29 is 15.0 Å². The standard InChI is InChI=1S/C45H75NO3/c1-3-5-7-9-10-11-12-13-14-15-16-17-18-19-20-21-22-23-24-25-26-27-28-29-30-31-32-33-34-35-36-37-39-41-45(49)46-43(42-47)44(48)40-38-8-6-4-2/h5,7,10-11,13-14,16-17,19-20,22-23,25-26,28-29,43-44,47-48H,3-4,6,8-9,12,15,18,21,24,27,30-42H2,1-2H3,(H,46,49)/b7-5-,11-10-,14-13-,17-16-,20-19-,23-22-,26-25-,29-28-. The van der Waals surface area contributed by atoms with Gasteiger partial charge in [0.25, 0.3) is 0 Å². The molecule has 0 aliphatic rings. The molecule has 4 nitrogen and oxygen atoms in total. The fourth-order valence-electron chi connectivity index (χ4n) is 5.31. The summed E-state index contributed by atoms with van der Waals surface area (Å²) in [7, 11) is 0. The summed E-state index contributed by atoms with van der Waals surface area (Å²) in [6.45, 7) is 4.11. The van der Waals surface area contributed by atoms with Crippen LogP contribution in [0.15, 0.2) is 97.2 Å². The third-order valence-corrected chi connectivity index (χ3v) is 8.36. The summed E-state index contributed by atoms with van der Waals surface area (Å²) in [5, 5.41) is 22.6. The first kappa shape index (κ1) is 46.3. The molecule has 0 radical (unpaired) electrons. The van der Waals surface area contributed by atoms with Crippen molar-refractivity contribution >= 4 is 5.91 Å². The van der Waals surface area contributed by atoms with Crippen LogP contribution < -0.4 is 5.32 Å². The Kier molecular flexibility index (Phi) is 37.6. The SMILES string of the molecule is CC/C=C\C/C=C\C/C=C\C/C=C\C/C=C\C/C=C\C/C=C\C/C=C\CCCCCCCCCCC(=O)NC(CO)C(O)CCCCCC. The molecule has 2 atom stereocenters. The topological polar surface area (TPSA) is 69.6 Å². The van der Waals surface area contributed by atoms with E-state index in [2.05, 4.69) is 116 Å². The Labute approximate surface area is 303 Å². The third kappa shape index (κ3) is 36.4. The van der Waals surface area contributed by atoms with Gasteiger partial charge in [0.1, 0.15) is 0 Å². The lowest BCUT2D eigenvalue weighted by Gasteiger charge is -2.22. The van der Waals surface area contributed by atoms with E-state index in [1.54, 1.807) is 0 Å². The number of allylic oxidation sites excluding steroid dienone is 16. The fraction of sp³-hybridized carbons (Fsp3) is 0.622. The quantitative estimate of drug-likeness (QED) is 0.0469. The summed E-state index contributed by atoms with van der Waals surface area (Å²) in [6, 6.07) is -0.542. The average molecular weight is 678 g/mol. The highest BCUT2D eigenvalue weighted by Crippen LogP contribution is 2.12. The van der Waals surface area contributed by atoms with Crippen LogP contribution >= 0.6 is 0 Å². The summed E-state index contributed by atoms with van der Waals surface area (Å²) < 4.78 is 0. The van der Waals surface area contributed by atoms with E-state index in [0.717, 1.165) is 89.9 Å². The molecule has 2 unspecified atom stereocenters. The van der Waals surface area contributed by atoms with Gasteiger partial charge < -0.3 is 15.5 Å². The number of unbranched alkanes of at least 4 members (excludes halogenated alkanes) is 11. The summed E-state index contributed by atoms with van der Waals surface area (Å²) >= 11 is 0. The van der Waals surface area contributed by atoms with Crippen LogP contribution in [0.3, 0.4) is 0 Å². The molecule has 0 saturated carbocycles. The number of aliphatic hydroxyl groups excluding tert-OH is 2. The fourth-order valence-corrected chi connectivity index (χ4v) is 5.31. The van der Waals surface area contributed by atoms with Gasteiger partial charge in [-0.25, -0.2) is 0 Å². The van der Waals surface area contributed by atoms with E-state index in [4.69, 9.17) is 0 Å². The molecule has 0 aromatic carbocycles. The van der Waals surface area contributed by atoms with E-state index in [1.165, 1.54) is 44.9 Å². The van der Waals surface area contributed by atoms with Gasteiger partial charge in [-0.05, 0) is 77.0 Å². The number of carbonyl (C=O) groups excluding carboxylic acids is 1. The Morgan fingerprint density at radius 3 is 1.33 bits per heavy atom. The van der Waals surface area contributed by atoms with Crippen LogP contribution in [0.4, 0.5) is 0 Å². The van der Waals surface area contributed by atoms with Gasteiger partial charge >= 0.3 is 0 Å². The first-order valence-electron chi connectivity index (χ1n) is 19.9.